The number of aromatic nitrogens is 2. The fraction of sp³-hybridized carbons (Fsp3) is 0.154. The van der Waals surface area contributed by atoms with Crippen LogP contribution < -0.4 is 10.6 Å². The number of rotatable bonds is 3. The van der Waals surface area contributed by atoms with Gasteiger partial charge < -0.3 is 10.6 Å². The smallest absolute Gasteiger partial charge is 0.319 e. The first-order valence-electron chi connectivity index (χ1n) is 5.60. The van der Waals surface area contributed by atoms with Crippen LogP contribution in [0.1, 0.15) is 11.3 Å². The molecule has 18 heavy (non-hydrogen) atoms. The monoisotopic (exact) mass is 242 g/mol. The highest BCUT2D eigenvalue weighted by Crippen LogP contribution is 2.06. The Labute approximate surface area is 105 Å². The van der Waals surface area contributed by atoms with Crippen molar-refractivity contribution >= 4 is 11.7 Å². The van der Waals surface area contributed by atoms with Gasteiger partial charge in [0.25, 0.3) is 0 Å². The van der Waals surface area contributed by atoms with Crippen molar-refractivity contribution in [1.82, 2.24) is 15.3 Å². The van der Waals surface area contributed by atoms with Crippen molar-refractivity contribution in [3.63, 3.8) is 0 Å². The minimum atomic E-state index is -0.246. The number of carbonyl (C=O) groups excluding carboxylic acids is 1. The first-order chi connectivity index (χ1) is 8.74. The van der Waals surface area contributed by atoms with E-state index in [0.717, 1.165) is 16.9 Å². The molecular formula is C13H14N4O. The molecule has 0 aliphatic rings. The van der Waals surface area contributed by atoms with Crippen LogP contribution in [0.5, 0.6) is 0 Å². The second-order valence-corrected chi connectivity index (χ2v) is 3.85. The Morgan fingerprint density at radius 2 is 2.22 bits per heavy atom. The molecule has 92 valence electrons. The lowest BCUT2D eigenvalue weighted by molar-refractivity contribution is 0.251. The zero-order chi connectivity index (χ0) is 12.8. The molecule has 0 atom stereocenters. The minimum Gasteiger partial charge on any atom is -0.334 e. The quantitative estimate of drug-likeness (QED) is 0.866. The summed E-state index contributed by atoms with van der Waals surface area (Å²) in [7, 11) is 0. The van der Waals surface area contributed by atoms with Crippen LogP contribution >= 0.6 is 0 Å². The number of nitrogens with zero attached hydrogens (tertiary/aromatic N) is 2. The lowest BCUT2D eigenvalue weighted by Crippen LogP contribution is -2.28. The van der Waals surface area contributed by atoms with Crippen molar-refractivity contribution < 1.29 is 4.79 Å². The van der Waals surface area contributed by atoms with Gasteiger partial charge in [-0.2, -0.15) is 0 Å². The SMILES string of the molecule is Cc1cc(NC(=O)NCc2cccnc2)ccn1. The highest BCUT2D eigenvalue weighted by atomic mass is 16.2. The van der Waals surface area contributed by atoms with E-state index in [4.69, 9.17) is 0 Å². The van der Waals surface area contributed by atoms with E-state index in [0.29, 0.717) is 6.54 Å². The minimum absolute atomic E-state index is 0.246. The molecule has 0 fully saturated rings. The molecule has 0 radical (unpaired) electrons. The molecule has 2 amide bonds. The summed E-state index contributed by atoms with van der Waals surface area (Å²) in [6.45, 7) is 2.32. The predicted octanol–water partition coefficient (Wildman–Crippen LogP) is 2.11. The molecule has 0 bridgehead atoms. The number of nitrogens with one attached hydrogen (secondary N) is 2. The van der Waals surface area contributed by atoms with E-state index in [2.05, 4.69) is 20.6 Å². The van der Waals surface area contributed by atoms with Gasteiger partial charge in [0.2, 0.25) is 0 Å². The standard InChI is InChI=1S/C13H14N4O/c1-10-7-12(4-6-15-10)17-13(18)16-9-11-3-2-5-14-8-11/h2-8H,9H2,1H3,(H2,15,16,17,18). The lowest BCUT2D eigenvalue weighted by atomic mass is 10.3. The molecule has 0 aliphatic heterocycles. The first-order valence-corrected chi connectivity index (χ1v) is 5.60. The van der Waals surface area contributed by atoms with Crippen molar-refractivity contribution in [3.8, 4) is 0 Å². The second kappa shape index (κ2) is 5.77. The number of carbonyl (C=O) groups is 1. The third-order valence-electron chi connectivity index (χ3n) is 2.33. The van der Waals surface area contributed by atoms with Gasteiger partial charge in [0, 0.05) is 36.5 Å². The second-order valence-electron chi connectivity index (χ2n) is 3.85. The molecule has 0 aliphatic carbocycles. The average Bonchev–Trinajstić information content (AvgIpc) is 2.38. The Morgan fingerprint density at radius 1 is 1.33 bits per heavy atom. The maximum absolute atomic E-state index is 11.6. The molecule has 0 unspecified atom stereocenters. The fourth-order valence-corrected chi connectivity index (χ4v) is 1.48. The van der Waals surface area contributed by atoms with E-state index in [1.165, 1.54) is 0 Å². The molecule has 2 aromatic rings. The average molecular weight is 242 g/mol. The maximum Gasteiger partial charge on any atom is 0.319 e. The van der Waals surface area contributed by atoms with Gasteiger partial charge in [-0.15, -0.1) is 0 Å². The Balaban J connectivity index is 1.86. The van der Waals surface area contributed by atoms with Crippen molar-refractivity contribution in [2.45, 2.75) is 13.5 Å². The normalized spacial score (nSPS) is 9.83. The zero-order valence-electron chi connectivity index (χ0n) is 10.1. The molecule has 2 aromatic heterocycles. The van der Waals surface area contributed by atoms with Crippen LogP contribution in [0, 0.1) is 6.92 Å². The summed E-state index contributed by atoms with van der Waals surface area (Å²) in [5.74, 6) is 0. The summed E-state index contributed by atoms with van der Waals surface area (Å²) in [5.41, 5.74) is 2.55. The van der Waals surface area contributed by atoms with Crippen molar-refractivity contribution in [2.24, 2.45) is 0 Å². The molecule has 5 nitrogen and oxygen atoms in total. The number of anilines is 1. The van der Waals surface area contributed by atoms with Crippen LogP contribution in [0.15, 0.2) is 42.9 Å². The zero-order valence-corrected chi connectivity index (χ0v) is 10.1. The molecule has 0 spiro atoms. The van der Waals surface area contributed by atoms with Crippen molar-refractivity contribution in [3.05, 3.63) is 54.1 Å². The third-order valence-corrected chi connectivity index (χ3v) is 2.33. The summed E-state index contributed by atoms with van der Waals surface area (Å²) < 4.78 is 0. The van der Waals surface area contributed by atoms with Crippen LogP contribution in [0.4, 0.5) is 10.5 Å². The van der Waals surface area contributed by atoms with Crippen molar-refractivity contribution in [2.75, 3.05) is 5.32 Å². The summed E-state index contributed by atoms with van der Waals surface area (Å²) in [6, 6.07) is 7.05. The molecule has 2 N–H and O–H groups in total. The summed E-state index contributed by atoms with van der Waals surface area (Å²) in [6.07, 6.45) is 5.08. The van der Waals surface area contributed by atoms with Gasteiger partial charge in [-0.1, -0.05) is 6.07 Å². The molecule has 2 rings (SSSR count). The maximum atomic E-state index is 11.6. The van der Waals surface area contributed by atoms with Gasteiger partial charge in [0.1, 0.15) is 0 Å². The summed E-state index contributed by atoms with van der Waals surface area (Å²) >= 11 is 0. The van der Waals surface area contributed by atoms with E-state index < -0.39 is 0 Å². The highest BCUT2D eigenvalue weighted by Gasteiger charge is 2.01. The molecule has 0 aromatic carbocycles. The van der Waals surface area contributed by atoms with Gasteiger partial charge in [-0.25, -0.2) is 4.79 Å². The van der Waals surface area contributed by atoms with Crippen LogP contribution in [-0.2, 0) is 6.54 Å². The topological polar surface area (TPSA) is 66.9 Å². The number of hydrogen-bond donors (Lipinski definition) is 2. The Bertz CT molecular complexity index is 528. The number of amides is 2. The molecular weight excluding hydrogens is 228 g/mol. The van der Waals surface area contributed by atoms with E-state index in [-0.39, 0.29) is 6.03 Å². The molecule has 2 heterocycles. The largest absolute Gasteiger partial charge is 0.334 e. The van der Waals surface area contributed by atoms with E-state index in [1.807, 2.05) is 25.1 Å². The van der Waals surface area contributed by atoms with E-state index >= 15 is 0 Å². The summed E-state index contributed by atoms with van der Waals surface area (Å²) in [4.78, 5) is 19.7. The van der Waals surface area contributed by atoms with Gasteiger partial charge in [-0.05, 0) is 30.7 Å². The van der Waals surface area contributed by atoms with E-state index in [9.17, 15) is 4.79 Å². The number of pyridine rings is 2. The van der Waals surface area contributed by atoms with Crippen LogP contribution in [0.3, 0.4) is 0 Å². The Morgan fingerprint density at radius 3 is 2.94 bits per heavy atom. The fourth-order valence-electron chi connectivity index (χ4n) is 1.48. The van der Waals surface area contributed by atoms with Gasteiger partial charge in [0.05, 0.1) is 0 Å². The number of aryl methyl sites for hydroxylation is 1. The van der Waals surface area contributed by atoms with Crippen LogP contribution in [0.25, 0.3) is 0 Å². The van der Waals surface area contributed by atoms with Crippen LogP contribution in [0.2, 0.25) is 0 Å². The Hall–Kier alpha value is -2.43. The molecule has 0 saturated heterocycles. The first kappa shape index (κ1) is 12.0. The Kier molecular flexibility index (Phi) is 3.86. The van der Waals surface area contributed by atoms with Crippen molar-refractivity contribution in [1.29, 1.82) is 0 Å². The summed E-state index contributed by atoms with van der Waals surface area (Å²) in [5, 5.41) is 5.50. The van der Waals surface area contributed by atoms with Gasteiger partial charge in [-0.3, -0.25) is 9.97 Å². The number of hydrogen-bond acceptors (Lipinski definition) is 3. The molecule has 5 heteroatoms. The highest BCUT2D eigenvalue weighted by molar-refractivity contribution is 5.89. The molecule has 0 saturated carbocycles. The van der Waals surface area contributed by atoms with Crippen LogP contribution in [-0.4, -0.2) is 16.0 Å². The van der Waals surface area contributed by atoms with Gasteiger partial charge >= 0.3 is 6.03 Å². The lowest BCUT2D eigenvalue weighted by Gasteiger charge is -2.07. The third kappa shape index (κ3) is 3.55. The number of urea groups is 1. The van der Waals surface area contributed by atoms with E-state index in [1.54, 1.807) is 24.7 Å². The van der Waals surface area contributed by atoms with Gasteiger partial charge in [0.15, 0.2) is 0 Å². The predicted molar refractivity (Wildman–Crippen MR) is 69.1 cm³/mol.